The highest BCUT2D eigenvalue weighted by Gasteiger charge is 2.24. The van der Waals surface area contributed by atoms with E-state index in [4.69, 9.17) is 4.74 Å². The highest BCUT2D eigenvalue weighted by molar-refractivity contribution is 5.38. The zero-order chi connectivity index (χ0) is 13.8. The van der Waals surface area contributed by atoms with E-state index in [1.54, 1.807) is 6.33 Å². The first-order valence-electron chi connectivity index (χ1n) is 6.98. The van der Waals surface area contributed by atoms with Gasteiger partial charge in [-0.2, -0.15) is 0 Å². The minimum absolute atomic E-state index is 0.130. The number of rotatable bonds is 4. The van der Waals surface area contributed by atoms with Crippen LogP contribution in [0.25, 0.3) is 0 Å². The van der Waals surface area contributed by atoms with E-state index in [0.717, 1.165) is 25.3 Å². The van der Waals surface area contributed by atoms with Crippen molar-refractivity contribution >= 4 is 5.82 Å². The second kappa shape index (κ2) is 6.19. The summed E-state index contributed by atoms with van der Waals surface area (Å²) in [6, 6.07) is 2.35. The monoisotopic (exact) mass is 264 g/mol. The van der Waals surface area contributed by atoms with Gasteiger partial charge in [0.05, 0.1) is 6.10 Å². The number of likely N-dealkylation sites (tertiary alicyclic amines) is 1. The molecule has 1 aliphatic heterocycles. The third-order valence-corrected chi connectivity index (χ3v) is 3.44. The van der Waals surface area contributed by atoms with Gasteiger partial charge in [0.15, 0.2) is 0 Å². The maximum absolute atomic E-state index is 5.59. The number of aromatic nitrogens is 2. The van der Waals surface area contributed by atoms with Crippen LogP contribution in [0.4, 0.5) is 5.82 Å². The van der Waals surface area contributed by atoms with Gasteiger partial charge in [0.2, 0.25) is 5.88 Å². The first kappa shape index (κ1) is 14.1. The molecule has 106 valence electrons. The molecule has 1 aromatic heterocycles. The van der Waals surface area contributed by atoms with E-state index in [2.05, 4.69) is 34.2 Å². The van der Waals surface area contributed by atoms with Crippen molar-refractivity contribution in [3.05, 3.63) is 12.4 Å². The fraction of sp³-hybridized carbons (Fsp3) is 0.714. The van der Waals surface area contributed by atoms with Crippen LogP contribution in [-0.2, 0) is 0 Å². The first-order valence-corrected chi connectivity index (χ1v) is 6.98. The Morgan fingerprint density at radius 3 is 2.89 bits per heavy atom. The van der Waals surface area contributed by atoms with Crippen molar-refractivity contribution in [1.29, 1.82) is 0 Å². The average Bonchev–Trinajstić information content (AvgIpc) is 2.32. The maximum atomic E-state index is 5.59. The van der Waals surface area contributed by atoms with E-state index in [1.807, 2.05) is 19.9 Å². The van der Waals surface area contributed by atoms with E-state index in [0.29, 0.717) is 17.8 Å². The van der Waals surface area contributed by atoms with Crippen molar-refractivity contribution in [3.8, 4) is 5.88 Å². The number of nitrogens with zero attached hydrogens (tertiary/aromatic N) is 3. The zero-order valence-electron chi connectivity index (χ0n) is 12.3. The topological polar surface area (TPSA) is 50.3 Å². The molecule has 19 heavy (non-hydrogen) atoms. The summed E-state index contributed by atoms with van der Waals surface area (Å²) in [5, 5.41) is 3.51. The van der Waals surface area contributed by atoms with Crippen LogP contribution < -0.4 is 10.1 Å². The molecule has 2 unspecified atom stereocenters. The van der Waals surface area contributed by atoms with Crippen LogP contribution in [-0.4, -0.2) is 47.2 Å². The van der Waals surface area contributed by atoms with Crippen LogP contribution in [0.2, 0.25) is 0 Å². The molecular weight excluding hydrogens is 240 g/mol. The Morgan fingerprint density at radius 1 is 1.42 bits per heavy atom. The van der Waals surface area contributed by atoms with E-state index < -0.39 is 0 Å². The molecule has 0 saturated carbocycles. The number of hydrogen-bond donors (Lipinski definition) is 1. The van der Waals surface area contributed by atoms with Crippen molar-refractivity contribution < 1.29 is 4.74 Å². The van der Waals surface area contributed by atoms with Crippen molar-refractivity contribution in [1.82, 2.24) is 14.9 Å². The van der Waals surface area contributed by atoms with Crippen LogP contribution in [0.1, 0.15) is 27.2 Å². The molecule has 1 N–H and O–H groups in total. The molecule has 1 fully saturated rings. The summed E-state index contributed by atoms with van der Waals surface area (Å²) in [7, 11) is 2.17. The predicted molar refractivity (Wildman–Crippen MR) is 76.5 cm³/mol. The number of ether oxygens (including phenoxy) is 1. The van der Waals surface area contributed by atoms with Gasteiger partial charge in [-0.15, -0.1) is 0 Å². The van der Waals surface area contributed by atoms with Gasteiger partial charge in [-0.25, -0.2) is 9.97 Å². The second-order valence-corrected chi connectivity index (χ2v) is 5.69. The Hall–Kier alpha value is -1.36. The van der Waals surface area contributed by atoms with E-state index in [9.17, 15) is 0 Å². The largest absolute Gasteiger partial charge is 0.475 e. The summed E-state index contributed by atoms with van der Waals surface area (Å²) in [5.74, 6) is 2.10. The van der Waals surface area contributed by atoms with Crippen molar-refractivity contribution in [2.45, 2.75) is 39.3 Å². The van der Waals surface area contributed by atoms with Gasteiger partial charge in [0.25, 0.3) is 0 Å². The van der Waals surface area contributed by atoms with Crippen LogP contribution in [0.5, 0.6) is 5.88 Å². The highest BCUT2D eigenvalue weighted by Crippen LogP contribution is 2.21. The Morgan fingerprint density at radius 2 is 2.21 bits per heavy atom. The van der Waals surface area contributed by atoms with E-state index in [1.165, 1.54) is 0 Å². The quantitative estimate of drug-likeness (QED) is 0.901. The molecule has 2 rings (SSSR count). The van der Waals surface area contributed by atoms with Gasteiger partial charge < -0.3 is 15.0 Å². The Labute approximate surface area is 115 Å². The van der Waals surface area contributed by atoms with Crippen molar-refractivity contribution in [3.63, 3.8) is 0 Å². The maximum Gasteiger partial charge on any atom is 0.218 e. The van der Waals surface area contributed by atoms with Crippen LogP contribution in [0.3, 0.4) is 0 Å². The van der Waals surface area contributed by atoms with Gasteiger partial charge in [-0.3, -0.25) is 0 Å². The van der Waals surface area contributed by atoms with Crippen molar-refractivity contribution in [2.24, 2.45) is 5.92 Å². The standard InChI is InChI=1S/C14H24N4O/c1-10(2)19-14-7-13(15-9-16-14)17-12-5-6-18(4)8-11(12)3/h7,9-12H,5-6,8H2,1-4H3,(H,15,16,17). The predicted octanol–water partition coefficient (Wildman–Crippen LogP) is 2.02. The lowest BCUT2D eigenvalue weighted by Crippen LogP contribution is -2.43. The molecule has 5 heteroatoms. The molecule has 5 nitrogen and oxygen atoms in total. The summed E-state index contributed by atoms with van der Waals surface area (Å²) in [6.45, 7) is 8.52. The van der Waals surface area contributed by atoms with Gasteiger partial charge >= 0.3 is 0 Å². The molecule has 2 heterocycles. The first-order chi connectivity index (χ1) is 9.04. The average molecular weight is 264 g/mol. The number of anilines is 1. The third-order valence-electron chi connectivity index (χ3n) is 3.44. The summed E-state index contributed by atoms with van der Waals surface area (Å²) in [6.07, 6.45) is 2.83. The molecular formula is C14H24N4O. The Balaban J connectivity index is 1.98. The fourth-order valence-corrected chi connectivity index (χ4v) is 2.48. The molecule has 0 aromatic carbocycles. The van der Waals surface area contributed by atoms with Gasteiger partial charge in [0.1, 0.15) is 12.1 Å². The van der Waals surface area contributed by atoms with Crippen LogP contribution in [0.15, 0.2) is 12.4 Å². The highest BCUT2D eigenvalue weighted by atomic mass is 16.5. The van der Waals surface area contributed by atoms with Gasteiger partial charge in [-0.05, 0) is 39.8 Å². The lowest BCUT2D eigenvalue weighted by Gasteiger charge is -2.35. The molecule has 0 amide bonds. The number of piperidine rings is 1. The molecule has 0 radical (unpaired) electrons. The minimum atomic E-state index is 0.130. The minimum Gasteiger partial charge on any atom is -0.475 e. The molecule has 0 bridgehead atoms. The molecule has 2 atom stereocenters. The molecule has 0 aliphatic carbocycles. The Bertz CT molecular complexity index is 410. The number of nitrogens with one attached hydrogen (secondary N) is 1. The summed E-state index contributed by atoms with van der Waals surface area (Å²) in [4.78, 5) is 10.8. The third kappa shape index (κ3) is 4.06. The Kier molecular flexibility index (Phi) is 4.58. The molecule has 1 saturated heterocycles. The summed E-state index contributed by atoms with van der Waals surface area (Å²) >= 11 is 0. The molecule has 1 aromatic rings. The zero-order valence-corrected chi connectivity index (χ0v) is 12.3. The summed E-state index contributed by atoms with van der Waals surface area (Å²) in [5.41, 5.74) is 0. The van der Waals surface area contributed by atoms with Gasteiger partial charge in [0, 0.05) is 18.7 Å². The molecule has 1 aliphatic rings. The lowest BCUT2D eigenvalue weighted by atomic mass is 9.94. The number of hydrogen-bond acceptors (Lipinski definition) is 5. The van der Waals surface area contributed by atoms with Crippen LogP contribution in [0, 0.1) is 5.92 Å². The SMILES string of the molecule is CC(C)Oc1cc(NC2CCN(C)CC2C)ncn1. The van der Waals surface area contributed by atoms with Crippen LogP contribution >= 0.6 is 0 Å². The molecule has 0 spiro atoms. The van der Waals surface area contributed by atoms with E-state index in [-0.39, 0.29) is 6.10 Å². The lowest BCUT2D eigenvalue weighted by molar-refractivity contribution is 0.206. The smallest absolute Gasteiger partial charge is 0.218 e. The van der Waals surface area contributed by atoms with Crippen molar-refractivity contribution in [2.75, 3.05) is 25.5 Å². The van der Waals surface area contributed by atoms with Gasteiger partial charge in [-0.1, -0.05) is 6.92 Å². The fourth-order valence-electron chi connectivity index (χ4n) is 2.48. The second-order valence-electron chi connectivity index (χ2n) is 5.69. The summed E-state index contributed by atoms with van der Waals surface area (Å²) < 4.78 is 5.59. The van der Waals surface area contributed by atoms with E-state index >= 15 is 0 Å². The normalized spacial score (nSPS) is 24.5.